The lowest BCUT2D eigenvalue weighted by Gasteiger charge is -2.33. The molecule has 2 amide bonds. The monoisotopic (exact) mass is 316 g/mol. The van der Waals surface area contributed by atoms with E-state index in [0.717, 1.165) is 25.0 Å². The molecule has 3 unspecified atom stereocenters. The number of hydrogen-bond acceptors (Lipinski definition) is 4. The van der Waals surface area contributed by atoms with E-state index in [9.17, 15) is 9.59 Å². The molecule has 1 saturated heterocycles. The number of amides is 2. The van der Waals surface area contributed by atoms with Crippen molar-refractivity contribution in [2.24, 2.45) is 0 Å². The lowest BCUT2D eigenvalue weighted by Crippen LogP contribution is -2.51. The quantitative estimate of drug-likeness (QED) is 0.804. The average Bonchev–Trinajstić information content (AvgIpc) is 2.86. The predicted octanol–water partition coefficient (Wildman–Crippen LogP) is 1.55. The molecule has 0 radical (unpaired) electrons. The number of carbonyl (C=O) groups is 2. The van der Waals surface area contributed by atoms with E-state index in [1.54, 1.807) is 4.90 Å². The van der Waals surface area contributed by atoms with E-state index in [1.165, 1.54) is 0 Å². The minimum Gasteiger partial charge on any atom is -0.481 e. The Balaban J connectivity index is 1.76. The lowest BCUT2D eigenvalue weighted by atomic mass is 10.2. The van der Waals surface area contributed by atoms with Crippen LogP contribution in [0.15, 0.2) is 0 Å². The van der Waals surface area contributed by atoms with Crippen molar-refractivity contribution >= 4 is 23.8 Å². The summed E-state index contributed by atoms with van der Waals surface area (Å²) in [5.74, 6) is 0.226. The Morgan fingerprint density at radius 2 is 2.24 bits per heavy atom. The van der Waals surface area contributed by atoms with Crippen LogP contribution in [-0.4, -0.2) is 64.9 Å². The number of carboxylic acids is 1. The van der Waals surface area contributed by atoms with Crippen molar-refractivity contribution in [1.29, 1.82) is 0 Å². The Kier molecular flexibility index (Phi) is 6.17. The molecule has 1 aliphatic heterocycles. The molecule has 2 N–H and O–H groups in total. The molecular weight excluding hydrogens is 292 g/mol. The number of thioether (sulfide) groups is 1. The van der Waals surface area contributed by atoms with Gasteiger partial charge in [0.15, 0.2) is 0 Å². The predicted molar refractivity (Wildman–Crippen MR) is 81.7 cm³/mol. The third kappa shape index (κ3) is 5.07. The van der Waals surface area contributed by atoms with Crippen LogP contribution in [0.1, 0.15) is 32.6 Å². The van der Waals surface area contributed by atoms with Gasteiger partial charge in [0.1, 0.15) is 0 Å². The second kappa shape index (κ2) is 7.89. The number of rotatable bonds is 5. The minimum atomic E-state index is -0.891. The number of hydrogen-bond donors (Lipinski definition) is 2. The van der Waals surface area contributed by atoms with Crippen LogP contribution in [0.5, 0.6) is 0 Å². The maximum Gasteiger partial charge on any atom is 0.317 e. The highest BCUT2D eigenvalue weighted by atomic mass is 32.2. The molecule has 0 aromatic carbocycles. The first-order valence-electron chi connectivity index (χ1n) is 7.59. The summed E-state index contributed by atoms with van der Waals surface area (Å²) in [4.78, 5) is 24.7. The molecule has 2 rings (SSSR count). The first-order valence-corrected chi connectivity index (χ1v) is 8.63. The average molecular weight is 316 g/mol. The van der Waals surface area contributed by atoms with Crippen LogP contribution in [0.4, 0.5) is 4.79 Å². The molecule has 2 aliphatic rings. The summed E-state index contributed by atoms with van der Waals surface area (Å²) < 4.78 is 5.38. The summed E-state index contributed by atoms with van der Waals surface area (Å²) in [7, 11) is 0. The molecule has 1 heterocycles. The Hall–Kier alpha value is -0.950. The fourth-order valence-corrected chi connectivity index (χ4v) is 4.09. The number of carboxylic acid groups (broad SMARTS) is 1. The molecule has 21 heavy (non-hydrogen) atoms. The molecular formula is C14H24N2O4S. The molecule has 7 heteroatoms. The Labute approximate surface area is 129 Å². The van der Waals surface area contributed by atoms with Crippen LogP contribution in [0.3, 0.4) is 0 Å². The van der Waals surface area contributed by atoms with Crippen molar-refractivity contribution < 1.29 is 19.4 Å². The Morgan fingerprint density at radius 1 is 1.43 bits per heavy atom. The number of nitrogens with zero attached hydrogens (tertiary/aromatic N) is 1. The van der Waals surface area contributed by atoms with Crippen molar-refractivity contribution in [3.8, 4) is 0 Å². The number of carbonyl (C=O) groups excluding carboxylic acids is 1. The zero-order valence-electron chi connectivity index (χ0n) is 12.4. The summed E-state index contributed by atoms with van der Waals surface area (Å²) in [5, 5.41) is 12.5. The number of ether oxygens (including phenoxy) is 1. The number of nitrogens with one attached hydrogen (secondary N) is 1. The van der Waals surface area contributed by atoms with Crippen LogP contribution in [0, 0.1) is 0 Å². The van der Waals surface area contributed by atoms with E-state index < -0.39 is 12.1 Å². The van der Waals surface area contributed by atoms with Gasteiger partial charge in [0.05, 0.1) is 19.1 Å². The second-order valence-electron chi connectivity index (χ2n) is 5.57. The topological polar surface area (TPSA) is 78.9 Å². The Bertz CT molecular complexity index is 380. The van der Waals surface area contributed by atoms with Gasteiger partial charge in [-0.3, -0.25) is 4.79 Å². The zero-order valence-corrected chi connectivity index (χ0v) is 13.2. The van der Waals surface area contributed by atoms with Gasteiger partial charge in [0.25, 0.3) is 0 Å². The van der Waals surface area contributed by atoms with E-state index in [0.29, 0.717) is 24.9 Å². The first kappa shape index (κ1) is 16.4. The van der Waals surface area contributed by atoms with Crippen LogP contribution >= 0.6 is 11.8 Å². The smallest absolute Gasteiger partial charge is 0.317 e. The van der Waals surface area contributed by atoms with E-state index in [1.807, 2.05) is 11.8 Å². The zero-order chi connectivity index (χ0) is 15.2. The van der Waals surface area contributed by atoms with Gasteiger partial charge in [0, 0.05) is 24.4 Å². The first-order chi connectivity index (χ1) is 10.1. The van der Waals surface area contributed by atoms with Crippen molar-refractivity contribution in [1.82, 2.24) is 10.2 Å². The van der Waals surface area contributed by atoms with Gasteiger partial charge in [-0.05, 0) is 25.0 Å². The summed E-state index contributed by atoms with van der Waals surface area (Å²) in [6.45, 7) is 3.46. The van der Waals surface area contributed by atoms with Crippen LogP contribution in [0.2, 0.25) is 0 Å². The number of morpholine rings is 1. The standard InChI is InChI=1S/C14H24N2O4S/c1-2-21-12-4-3-10(7-12)15-14(19)16-5-6-20-11(9-16)8-13(17)18/h10-12H,2-9H2,1H3,(H,15,19)(H,17,18). The van der Waals surface area contributed by atoms with Crippen molar-refractivity contribution in [2.75, 3.05) is 25.4 Å². The lowest BCUT2D eigenvalue weighted by molar-refractivity contribution is -0.141. The van der Waals surface area contributed by atoms with Crippen LogP contribution < -0.4 is 5.32 Å². The molecule has 0 spiro atoms. The van der Waals surface area contributed by atoms with Crippen molar-refractivity contribution in [2.45, 2.75) is 50.0 Å². The highest BCUT2D eigenvalue weighted by molar-refractivity contribution is 7.99. The molecule has 0 aromatic heterocycles. The highest BCUT2D eigenvalue weighted by Crippen LogP contribution is 2.29. The van der Waals surface area contributed by atoms with Gasteiger partial charge in [0.2, 0.25) is 0 Å². The second-order valence-corrected chi connectivity index (χ2v) is 7.15. The summed E-state index contributed by atoms with van der Waals surface area (Å²) in [6, 6.07) is 0.170. The Morgan fingerprint density at radius 3 is 2.95 bits per heavy atom. The molecule has 1 saturated carbocycles. The maximum atomic E-state index is 12.3. The molecule has 2 fully saturated rings. The largest absolute Gasteiger partial charge is 0.481 e. The van der Waals surface area contributed by atoms with E-state index in [-0.39, 0.29) is 18.5 Å². The third-order valence-electron chi connectivity index (χ3n) is 3.94. The minimum absolute atomic E-state index is 0.0532. The van der Waals surface area contributed by atoms with Gasteiger partial charge >= 0.3 is 12.0 Å². The fraction of sp³-hybridized carbons (Fsp3) is 0.857. The van der Waals surface area contributed by atoms with Crippen molar-refractivity contribution in [3.05, 3.63) is 0 Å². The van der Waals surface area contributed by atoms with E-state index in [4.69, 9.17) is 9.84 Å². The van der Waals surface area contributed by atoms with Gasteiger partial charge < -0.3 is 20.1 Å². The summed E-state index contributed by atoms with van der Waals surface area (Å²) >= 11 is 1.96. The maximum absolute atomic E-state index is 12.3. The van der Waals surface area contributed by atoms with Gasteiger partial charge in [-0.1, -0.05) is 6.92 Å². The fourth-order valence-electron chi connectivity index (χ4n) is 2.95. The number of urea groups is 1. The van der Waals surface area contributed by atoms with Gasteiger partial charge in [-0.25, -0.2) is 4.79 Å². The van der Waals surface area contributed by atoms with Crippen LogP contribution in [-0.2, 0) is 9.53 Å². The van der Waals surface area contributed by atoms with Crippen LogP contribution in [0.25, 0.3) is 0 Å². The molecule has 6 nitrogen and oxygen atoms in total. The molecule has 1 aliphatic carbocycles. The normalized spacial score (nSPS) is 29.4. The molecule has 0 bridgehead atoms. The van der Waals surface area contributed by atoms with E-state index in [2.05, 4.69) is 12.2 Å². The molecule has 120 valence electrons. The summed E-state index contributed by atoms with van der Waals surface area (Å²) in [6.07, 6.45) is 2.78. The highest BCUT2D eigenvalue weighted by Gasteiger charge is 2.30. The van der Waals surface area contributed by atoms with E-state index >= 15 is 0 Å². The summed E-state index contributed by atoms with van der Waals surface area (Å²) in [5.41, 5.74) is 0. The molecule has 3 atom stereocenters. The van der Waals surface area contributed by atoms with Gasteiger partial charge in [-0.15, -0.1) is 0 Å². The third-order valence-corrected chi connectivity index (χ3v) is 5.18. The molecule has 0 aromatic rings. The van der Waals surface area contributed by atoms with Crippen molar-refractivity contribution in [3.63, 3.8) is 0 Å². The van der Waals surface area contributed by atoms with Gasteiger partial charge in [-0.2, -0.15) is 11.8 Å². The SMILES string of the molecule is CCSC1CCC(NC(=O)N2CCOC(CC(=O)O)C2)C1. The number of aliphatic carboxylic acids is 1.